The third kappa shape index (κ3) is 4.05. The molecular formula is C18H22N8O2S. The van der Waals surface area contributed by atoms with E-state index in [9.17, 15) is 9.59 Å². The maximum atomic E-state index is 12.2. The zero-order chi connectivity index (χ0) is 20.4. The highest BCUT2D eigenvalue weighted by Gasteiger charge is 2.21. The van der Waals surface area contributed by atoms with Crippen molar-refractivity contribution in [2.75, 3.05) is 42.9 Å². The average Bonchev–Trinajstić information content (AvgIpc) is 3.34. The van der Waals surface area contributed by atoms with Crippen molar-refractivity contribution in [3.05, 3.63) is 29.5 Å². The van der Waals surface area contributed by atoms with E-state index in [-0.39, 0.29) is 5.91 Å². The number of aryl methyl sites for hydroxylation is 1. The van der Waals surface area contributed by atoms with E-state index < -0.39 is 5.91 Å². The van der Waals surface area contributed by atoms with Gasteiger partial charge in [0.05, 0.1) is 17.1 Å². The van der Waals surface area contributed by atoms with Crippen LogP contribution in [0.1, 0.15) is 16.8 Å². The van der Waals surface area contributed by atoms with Crippen molar-refractivity contribution in [3.63, 3.8) is 0 Å². The molecule has 4 rings (SSSR count). The second kappa shape index (κ2) is 8.13. The van der Waals surface area contributed by atoms with E-state index >= 15 is 0 Å². The Bertz CT molecular complexity index is 1040. The number of primary amides is 1. The molecule has 29 heavy (non-hydrogen) atoms. The van der Waals surface area contributed by atoms with Gasteiger partial charge in [-0.1, -0.05) is 0 Å². The third-order valence-corrected chi connectivity index (χ3v) is 5.85. The van der Waals surface area contributed by atoms with Crippen molar-refractivity contribution in [1.29, 1.82) is 0 Å². The second-order valence-corrected chi connectivity index (χ2v) is 7.77. The Morgan fingerprint density at radius 1 is 1.24 bits per heavy atom. The SMILES string of the molecule is Cn1ncc2c(N3CCN(CCC(=O)Nc4sccc4C(N)=O)CC3)ncnc21. The van der Waals surface area contributed by atoms with Crippen molar-refractivity contribution >= 4 is 45.0 Å². The van der Waals surface area contributed by atoms with Crippen molar-refractivity contribution in [1.82, 2.24) is 24.6 Å². The number of anilines is 2. The molecule has 0 aliphatic carbocycles. The minimum atomic E-state index is -0.537. The lowest BCUT2D eigenvalue weighted by Crippen LogP contribution is -2.47. The number of fused-ring (bicyclic) bond motifs is 1. The first-order valence-corrected chi connectivity index (χ1v) is 10.2. The summed E-state index contributed by atoms with van der Waals surface area (Å²) in [6.07, 6.45) is 3.73. The molecule has 152 valence electrons. The summed E-state index contributed by atoms with van der Waals surface area (Å²) >= 11 is 1.30. The van der Waals surface area contributed by atoms with Crippen LogP contribution in [0.25, 0.3) is 11.0 Å². The van der Waals surface area contributed by atoms with Crippen LogP contribution >= 0.6 is 11.3 Å². The number of nitrogens with one attached hydrogen (secondary N) is 1. The summed E-state index contributed by atoms with van der Waals surface area (Å²) in [4.78, 5) is 36.8. The summed E-state index contributed by atoms with van der Waals surface area (Å²) in [7, 11) is 1.87. The Balaban J connectivity index is 1.29. The zero-order valence-electron chi connectivity index (χ0n) is 16.0. The van der Waals surface area contributed by atoms with Gasteiger partial charge < -0.3 is 16.0 Å². The molecule has 10 nitrogen and oxygen atoms in total. The third-order valence-electron chi connectivity index (χ3n) is 5.02. The maximum absolute atomic E-state index is 12.2. The number of nitrogens with two attached hydrogens (primary N) is 1. The molecule has 1 aliphatic heterocycles. The number of hydrogen-bond acceptors (Lipinski definition) is 8. The number of amides is 2. The smallest absolute Gasteiger partial charge is 0.251 e. The predicted molar refractivity (Wildman–Crippen MR) is 111 cm³/mol. The van der Waals surface area contributed by atoms with Crippen molar-refractivity contribution in [3.8, 4) is 0 Å². The van der Waals surface area contributed by atoms with Gasteiger partial charge in [-0.2, -0.15) is 5.10 Å². The summed E-state index contributed by atoms with van der Waals surface area (Å²) in [5.41, 5.74) is 6.48. The van der Waals surface area contributed by atoms with Gasteiger partial charge in [0, 0.05) is 46.2 Å². The van der Waals surface area contributed by atoms with E-state index in [4.69, 9.17) is 5.73 Å². The first kappa shape index (κ1) is 19.3. The van der Waals surface area contributed by atoms with E-state index in [0.29, 0.717) is 23.5 Å². The van der Waals surface area contributed by atoms with Gasteiger partial charge in [-0.15, -0.1) is 11.3 Å². The van der Waals surface area contributed by atoms with E-state index in [0.717, 1.165) is 43.0 Å². The van der Waals surface area contributed by atoms with Crippen LogP contribution in [-0.4, -0.2) is 69.2 Å². The number of nitrogens with zero attached hydrogens (tertiary/aromatic N) is 6. The highest BCUT2D eigenvalue weighted by Crippen LogP contribution is 2.24. The normalized spacial score (nSPS) is 15.0. The molecule has 0 saturated carbocycles. The first-order chi connectivity index (χ1) is 14.0. The number of thiophene rings is 1. The fourth-order valence-corrected chi connectivity index (χ4v) is 4.24. The minimum absolute atomic E-state index is 0.120. The molecule has 1 aliphatic rings. The Morgan fingerprint density at radius 3 is 2.79 bits per heavy atom. The molecule has 4 heterocycles. The molecule has 3 N–H and O–H groups in total. The van der Waals surface area contributed by atoms with Crippen LogP contribution in [-0.2, 0) is 11.8 Å². The Labute approximate surface area is 171 Å². The van der Waals surface area contributed by atoms with Gasteiger partial charge in [0.15, 0.2) is 5.65 Å². The Kier molecular flexibility index (Phi) is 5.41. The summed E-state index contributed by atoms with van der Waals surface area (Å²) in [5.74, 6) is 0.243. The number of carbonyl (C=O) groups excluding carboxylic acids is 2. The lowest BCUT2D eigenvalue weighted by atomic mass is 10.2. The molecule has 3 aromatic heterocycles. The van der Waals surface area contributed by atoms with E-state index in [2.05, 4.69) is 30.2 Å². The largest absolute Gasteiger partial charge is 0.366 e. The number of carbonyl (C=O) groups is 2. The van der Waals surface area contributed by atoms with Crippen LogP contribution in [0.3, 0.4) is 0 Å². The molecule has 11 heteroatoms. The topological polar surface area (TPSA) is 122 Å². The van der Waals surface area contributed by atoms with Crippen molar-refractivity contribution in [2.24, 2.45) is 12.8 Å². The molecule has 3 aromatic rings. The fraction of sp³-hybridized carbons (Fsp3) is 0.389. The number of hydrogen-bond donors (Lipinski definition) is 2. The highest BCUT2D eigenvalue weighted by atomic mass is 32.1. The van der Waals surface area contributed by atoms with Gasteiger partial charge in [-0.25, -0.2) is 9.97 Å². The van der Waals surface area contributed by atoms with Gasteiger partial charge >= 0.3 is 0 Å². The summed E-state index contributed by atoms with van der Waals surface area (Å²) in [5, 5.41) is 10.2. The van der Waals surface area contributed by atoms with Gasteiger partial charge in [0.1, 0.15) is 17.1 Å². The van der Waals surface area contributed by atoms with E-state index in [1.807, 2.05) is 7.05 Å². The van der Waals surface area contributed by atoms with Crippen LogP contribution in [0.15, 0.2) is 24.0 Å². The number of rotatable bonds is 6. The summed E-state index contributed by atoms with van der Waals surface area (Å²) < 4.78 is 1.74. The molecule has 0 bridgehead atoms. The molecule has 0 unspecified atom stereocenters. The highest BCUT2D eigenvalue weighted by molar-refractivity contribution is 7.14. The molecule has 2 amide bonds. The molecule has 0 spiro atoms. The lowest BCUT2D eigenvalue weighted by Gasteiger charge is -2.35. The van der Waals surface area contributed by atoms with Crippen LogP contribution in [0.4, 0.5) is 10.8 Å². The fourth-order valence-electron chi connectivity index (χ4n) is 3.43. The molecule has 0 atom stereocenters. The van der Waals surface area contributed by atoms with Crippen molar-refractivity contribution < 1.29 is 9.59 Å². The monoisotopic (exact) mass is 414 g/mol. The van der Waals surface area contributed by atoms with E-state index in [1.165, 1.54) is 11.3 Å². The maximum Gasteiger partial charge on any atom is 0.251 e. The Morgan fingerprint density at radius 2 is 2.03 bits per heavy atom. The lowest BCUT2D eigenvalue weighted by molar-refractivity contribution is -0.116. The van der Waals surface area contributed by atoms with Gasteiger partial charge in [0.2, 0.25) is 5.91 Å². The van der Waals surface area contributed by atoms with Crippen molar-refractivity contribution in [2.45, 2.75) is 6.42 Å². The average molecular weight is 414 g/mol. The molecule has 0 aromatic carbocycles. The minimum Gasteiger partial charge on any atom is -0.366 e. The second-order valence-electron chi connectivity index (χ2n) is 6.86. The Hall–Kier alpha value is -3.05. The summed E-state index contributed by atoms with van der Waals surface area (Å²) in [6.45, 7) is 3.97. The first-order valence-electron chi connectivity index (χ1n) is 9.30. The molecule has 1 fully saturated rings. The zero-order valence-corrected chi connectivity index (χ0v) is 16.9. The molecular weight excluding hydrogens is 392 g/mol. The van der Waals surface area contributed by atoms with E-state index in [1.54, 1.807) is 28.7 Å². The number of aromatic nitrogens is 4. The number of piperazine rings is 1. The predicted octanol–water partition coefficient (Wildman–Crippen LogP) is 0.674. The van der Waals surface area contributed by atoms with Crippen LogP contribution in [0.5, 0.6) is 0 Å². The molecule has 1 saturated heterocycles. The van der Waals surface area contributed by atoms with Crippen LogP contribution in [0.2, 0.25) is 0 Å². The van der Waals surface area contributed by atoms with Gasteiger partial charge in [0.25, 0.3) is 5.91 Å². The quantitative estimate of drug-likeness (QED) is 0.608. The standard InChI is InChI=1S/C18H22N8O2S/c1-24-16-13(10-22-24)17(21-11-20-16)26-7-5-25(6-8-26)4-2-14(27)23-18-12(15(19)28)3-9-29-18/h3,9-11H,2,4-8H2,1H3,(H2,19,28)(H,23,27). The van der Waals surface area contributed by atoms with Crippen LogP contribution in [0, 0.1) is 0 Å². The van der Waals surface area contributed by atoms with Crippen LogP contribution < -0.4 is 16.0 Å². The van der Waals surface area contributed by atoms with Gasteiger partial charge in [-0.3, -0.25) is 19.2 Å². The summed E-state index contributed by atoms with van der Waals surface area (Å²) in [6, 6.07) is 1.62. The molecule has 0 radical (unpaired) electrons. The van der Waals surface area contributed by atoms with Gasteiger partial charge in [-0.05, 0) is 11.4 Å².